The molecule has 356 valence electrons. The molecule has 0 unspecified atom stereocenters. The maximum Gasteiger partial charge on any atom is 0.338 e. The fourth-order valence-electron chi connectivity index (χ4n) is 6.29. The molecule has 2 heterocycles. The van der Waals surface area contributed by atoms with Gasteiger partial charge in [-0.25, -0.2) is 14.4 Å². The number of rotatable bonds is 15. The van der Waals surface area contributed by atoms with Gasteiger partial charge in [-0.2, -0.15) is 0 Å². The van der Waals surface area contributed by atoms with Gasteiger partial charge in [-0.1, -0.05) is 89.4 Å². The molecule has 0 amide bonds. The number of benzene rings is 3. The number of esters is 6. The lowest BCUT2D eigenvalue weighted by molar-refractivity contribution is -0.238. The van der Waals surface area contributed by atoms with Crippen molar-refractivity contribution in [1.82, 2.24) is 0 Å². The summed E-state index contributed by atoms with van der Waals surface area (Å²) >= 11 is 17.9. The quantitative estimate of drug-likeness (QED) is 0.0534. The minimum Gasteiger partial charge on any atom is -0.462 e. The third-order valence-electron chi connectivity index (χ3n) is 9.68. The fraction of sp³-hybridized carbons (Fsp3) is 0.457. The van der Waals surface area contributed by atoms with E-state index in [2.05, 4.69) is 0 Å². The van der Waals surface area contributed by atoms with E-state index in [0.29, 0.717) is 0 Å². The third kappa shape index (κ3) is 13.9. The van der Waals surface area contributed by atoms with Gasteiger partial charge in [-0.05, 0) is 77.9 Å². The minimum atomic E-state index is -2.45. The topological polar surface area (TPSA) is 219 Å². The van der Waals surface area contributed by atoms with E-state index in [0.717, 1.165) is 6.92 Å². The van der Waals surface area contributed by atoms with Crippen LogP contribution in [-0.2, 0) is 61.8 Å². The summed E-state index contributed by atoms with van der Waals surface area (Å²) in [6.45, 7) is 9.14. The van der Waals surface area contributed by atoms with Crippen LogP contribution in [0.5, 0.6) is 0 Å². The molecule has 2 aliphatic rings. The molecule has 17 nitrogen and oxygen atoms in total. The molecule has 20 heteroatoms. The van der Waals surface area contributed by atoms with Gasteiger partial charge in [-0.3, -0.25) is 19.8 Å². The molecule has 66 heavy (non-hydrogen) atoms. The first-order valence-corrected chi connectivity index (χ1v) is 21.7. The van der Waals surface area contributed by atoms with Gasteiger partial charge < -0.3 is 47.4 Å². The monoisotopic (exact) mass is 977 g/mol. The number of carbonyl (C=O) groups is 6. The first-order valence-electron chi connectivity index (χ1n) is 20.5. The van der Waals surface area contributed by atoms with Gasteiger partial charge >= 0.3 is 35.8 Å². The van der Waals surface area contributed by atoms with Crippen molar-refractivity contribution in [3.63, 3.8) is 0 Å². The van der Waals surface area contributed by atoms with E-state index in [9.17, 15) is 28.8 Å². The Morgan fingerprint density at radius 1 is 0.576 bits per heavy atom. The summed E-state index contributed by atoms with van der Waals surface area (Å²) < 4.78 is 57.2. The Bertz CT molecular complexity index is 2190. The molecule has 1 N–H and O–H groups in total. The van der Waals surface area contributed by atoms with Crippen LogP contribution in [0, 0.1) is 16.2 Å². The highest BCUT2D eigenvalue weighted by Gasteiger charge is 2.58. The van der Waals surface area contributed by atoms with Crippen LogP contribution < -0.4 is 0 Å². The van der Waals surface area contributed by atoms with E-state index in [1.807, 2.05) is 0 Å². The van der Waals surface area contributed by atoms with Gasteiger partial charge in [-0.15, -0.1) is 0 Å². The number of hydrogen-bond acceptors (Lipinski definition) is 17. The lowest BCUT2D eigenvalue weighted by atomic mass is 9.97. The Labute approximate surface area is 395 Å². The van der Waals surface area contributed by atoms with Crippen LogP contribution in [0.25, 0.3) is 0 Å². The molecule has 2 aliphatic heterocycles. The SMILES string of the molecule is CC(=O)O[C@H]1[C@H]([C@@H](COC(=O)C(C)(C)C)O[C@H]2O[C@H](COC(=O)c3ccccc3)[C@@H](OC(=O)c3ccccc3)[C@@H]2OC(=O)c2ccccc2)O[C@@H](OC(=N)C(Cl)(Cl)Cl)[C@@H]1OC(=O)C(C)(C)C. The summed E-state index contributed by atoms with van der Waals surface area (Å²) in [6.07, 6.45) is -14.9. The van der Waals surface area contributed by atoms with Gasteiger partial charge in [0.1, 0.15) is 31.5 Å². The van der Waals surface area contributed by atoms with Crippen molar-refractivity contribution in [2.75, 3.05) is 13.2 Å². The Balaban J connectivity index is 1.61. The number of carbonyl (C=O) groups excluding carboxylic acids is 6. The first-order chi connectivity index (χ1) is 30.9. The Morgan fingerprint density at radius 3 is 1.52 bits per heavy atom. The number of hydrogen-bond donors (Lipinski definition) is 1. The van der Waals surface area contributed by atoms with E-state index in [-0.39, 0.29) is 16.7 Å². The van der Waals surface area contributed by atoms with Crippen molar-refractivity contribution in [1.29, 1.82) is 5.41 Å². The molecule has 5 rings (SSSR count). The molecule has 0 saturated carbocycles. The van der Waals surface area contributed by atoms with E-state index < -0.39 is 125 Å². The normalized spacial score (nSPS) is 23.4. The highest BCUT2D eigenvalue weighted by molar-refractivity contribution is 6.76. The number of halogens is 3. The molecule has 9 atom stereocenters. The van der Waals surface area contributed by atoms with Crippen molar-refractivity contribution in [3.05, 3.63) is 108 Å². The first kappa shape index (κ1) is 51.7. The van der Waals surface area contributed by atoms with Crippen molar-refractivity contribution < 1.29 is 76.1 Å². The highest BCUT2D eigenvalue weighted by Crippen LogP contribution is 2.38. The van der Waals surface area contributed by atoms with Gasteiger partial charge in [0.05, 0.1) is 27.5 Å². The molecular weight excluding hydrogens is 929 g/mol. The number of ether oxygens (including phenoxy) is 10. The lowest BCUT2D eigenvalue weighted by Gasteiger charge is -2.32. The predicted octanol–water partition coefficient (Wildman–Crippen LogP) is 6.97. The van der Waals surface area contributed by atoms with Crippen molar-refractivity contribution in [3.8, 4) is 0 Å². The molecule has 3 aromatic carbocycles. The summed E-state index contributed by atoms with van der Waals surface area (Å²) in [6, 6.07) is 23.6. The minimum absolute atomic E-state index is 0.0768. The second kappa shape index (κ2) is 22.0. The third-order valence-corrected chi connectivity index (χ3v) is 10.2. The second-order valence-corrected chi connectivity index (χ2v) is 19.4. The maximum absolute atomic E-state index is 13.9. The zero-order chi connectivity index (χ0) is 48.6. The molecule has 0 radical (unpaired) electrons. The Kier molecular flexibility index (Phi) is 17.2. The van der Waals surface area contributed by atoms with Crippen LogP contribution in [0.4, 0.5) is 0 Å². The summed E-state index contributed by atoms with van der Waals surface area (Å²) in [5.74, 6) is -6.02. The van der Waals surface area contributed by atoms with Crippen molar-refractivity contribution in [2.24, 2.45) is 10.8 Å². The van der Waals surface area contributed by atoms with Crippen LogP contribution in [0.3, 0.4) is 0 Å². The largest absolute Gasteiger partial charge is 0.462 e. The van der Waals surface area contributed by atoms with E-state index in [4.69, 9.17) is 87.6 Å². The molecule has 2 saturated heterocycles. The van der Waals surface area contributed by atoms with Gasteiger partial charge in [0, 0.05) is 6.92 Å². The average molecular weight is 979 g/mol. The summed E-state index contributed by atoms with van der Waals surface area (Å²) in [5, 5.41) is 8.32. The van der Waals surface area contributed by atoms with Crippen molar-refractivity contribution >= 4 is 76.5 Å². The molecule has 2 fully saturated rings. The Morgan fingerprint density at radius 2 is 1.05 bits per heavy atom. The lowest BCUT2D eigenvalue weighted by Crippen LogP contribution is -2.50. The highest BCUT2D eigenvalue weighted by atomic mass is 35.6. The summed E-state index contributed by atoms with van der Waals surface area (Å²) in [4.78, 5) is 80.4. The second-order valence-electron chi connectivity index (χ2n) is 17.1. The molecule has 0 aliphatic carbocycles. The molecule has 0 aromatic heterocycles. The van der Waals surface area contributed by atoms with Crippen LogP contribution >= 0.6 is 34.8 Å². The smallest absolute Gasteiger partial charge is 0.338 e. The van der Waals surface area contributed by atoms with Crippen molar-refractivity contribution in [2.45, 2.75) is 108 Å². The van der Waals surface area contributed by atoms with Crippen LogP contribution in [0.15, 0.2) is 91.0 Å². The molecular formula is C46H50Cl3NO16. The predicted molar refractivity (Wildman–Crippen MR) is 235 cm³/mol. The molecule has 3 aromatic rings. The average Bonchev–Trinajstić information content (AvgIpc) is 3.75. The molecule has 0 bridgehead atoms. The molecule has 0 spiro atoms. The standard InChI is InChI=1S/C46H50Cl3NO16/c1-25(51)59-33-31(64-40(66-41(50)46(47,48)49)35(33)65-43(56)45(5,6)7)30(24-58-42(55)44(2,3)4)61-39-34(63-38(54)28-21-15-10-16-22-28)32(62-37(53)27-19-13-9-14-20-27)29(60-39)23-57-36(52)26-17-11-8-12-18-26/h8-22,29-35,39-40,50H,23-24H2,1-7H3/t29-,30-,31+,32-,33+,34+,35-,39-,40+/m1/s1. The number of nitrogens with one attached hydrogen (secondary N) is 1. The Hall–Kier alpha value is -5.30. The van der Waals surface area contributed by atoms with Crippen LogP contribution in [0.1, 0.15) is 79.5 Å². The summed E-state index contributed by atoms with van der Waals surface area (Å²) in [7, 11) is 0. The van der Waals surface area contributed by atoms with Gasteiger partial charge in [0.15, 0.2) is 24.6 Å². The van der Waals surface area contributed by atoms with E-state index in [1.165, 1.54) is 36.4 Å². The summed E-state index contributed by atoms with van der Waals surface area (Å²) in [5.41, 5.74) is -1.86. The van der Waals surface area contributed by atoms with Crippen LogP contribution in [0.2, 0.25) is 0 Å². The number of alkyl halides is 3. The van der Waals surface area contributed by atoms with E-state index in [1.54, 1.807) is 96.1 Å². The van der Waals surface area contributed by atoms with Crippen LogP contribution in [-0.4, -0.2) is 114 Å². The maximum atomic E-state index is 13.9. The zero-order valence-electron chi connectivity index (χ0n) is 36.9. The zero-order valence-corrected chi connectivity index (χ0v) is 39.2. The fourth-order valence-corrected chi connectivity index (χ4v) is 6.42. The van der Waals surface area contributed by atoms with Gasteiger partial charge in [0.2, 0.25) is 18.3 Å². The van der Waals surface area contributed by atoms with Gasteiger partial charge in [0.25, 0.3) is 3.79 Å². The van der Waals surface area contributed by atoms with E-state index >= 15 is 0 Å².